The van der Waals surface area contributed by atoms with Crippen molar-refractivity contribution in [2.24, 2.45) is 11.8 Å². The Morgan fingerprint density at radius 3 is 2.62 bits per heavy atom. The summed E-state index contributed by atoms with van der Waals surface area (Å²) < 4.78 is 17.9. The minimum Gasteiger partial charge on any atom is -0.374 e. The smallest absolute Gasteiger partial charge is 0.124 e. The first-order chi connectivity index (χ1) is 10.4. The van der Waals surface area contributed by atoms with Crippen molar-refractivity contribution in [3.63, 3.8) is 0 Å². The second-order valence-corrected chi connectivity index (χ2v) is 6.56. The van der Waals surface area contributed by atoms with Crippen LogP contribution < -0.4 is 0 Å². The normalized spacial score (nSPS) is 43.5. The molecule has 2 aliphatic carbocycles. The van der Waals surface area contributed by atoms with Gasteiger partial charge >= 0.3 is 0 Å². The molecule has 1 aromatic carbocycles. The van der Waals surface area contributed by atoms with Gasteiger partial charge in [-0.1, -0.05) is 30.3 Å². The highest BCUT2D eigenvalue weighted by Crippen LogP contribution is 2.66. The van der Waals surface area contributed by atoms with Gasteiger partial charge in [0, 0.05) is 32.2 Å². The van der Waals surface area contributed by atoms with E-state index < -0.39 is 0 Å². The molecule has 3 heteroatoms. The molecule has 0 spiro atoms. The van der Waals surface area contributed by atoms with Crippen LogP contribution in [0.15, 0.2) is 35.9 Å². The Hall–Kier alpha value is -1.16. The highest BCUT2D eigenvalue weighted by atomic mass is 16.6. The van der Waals surface area contributed by atoms with E-state index in [-0.39, 0.29) is 17.8 Å². The van der Waals surface area contributed by atoms with Crippen molar-refractivity contribution in [1.82, 2.24) is 0 Å². The van der Waals surface area contributed by atoms with Crippen molar-refractivity contribution in [1.29, 1.82) is 0 Å². The Labute approximate surface area is 124 Å². The number of hydrogen-bond donors (Lipinski definition) is 0. The molecule has 2 saturated heterocycles. The van der Waals surface area contributed by atoms with Gasteiger partial charge in [0.2, 0.25) is 0 Å². The lowest BCUT2D eigenvalue weighted by Gasteiger charge is -2.42. The third-order valence-corrected chi connectivity index (χ3v) is 5.84. The van der Waals surface area contributed by atoms with Crippen LogP contribution in [0.3, 0.4) is 0 Å². The van der Waals surface area contributed by atoms with Gasteiger partial charge in [-0.3, -0.25) is 0 Å². The molecule has 3 fully saturated rings. The van der Waals surface area contributed by atoms with Crippen LogP contribution in [-0.4, -0.2) is 38.1 Å². The second-order valence-electron chi connectivity index (χ2n) is 6.56. The molecule has 5 atom stereocenters. The van der Waals surface area contributed by atoms with Crippen LogP contribution >= 0.6 is 0 Å². The summed E-state index contributed by atoms with van der Waals surface area (Å²) in [5, 5.41) is 0. The van der Waals surface area contributed by atoms with E-state index in [2.05, 4.69) is 30.3 Å². The van der Waals surface area contributed by atoms with Crippen LogP contribution in [0.4, 0.5) is 0 Å². The van der Waals surface area contributed by atoms with Gasteiger partial charge in [-0.05, 0) is 29.6 Å². The van der Waals surface area contributed by atoms with Crippen molar-refractivity contribution >= 4 is 5.57 Å². The molecule has 110 valence electrons. The molecular formula is C18H20O3. The zero-order valence-corrected chi connectivity index (χ0v) is 12.2. The number of benzene rings is 1. The fraction of sp³-hybridized carbons (Fsp3) is 0.556. The van der Waals surface area contributed by atoms with Crippen molar-refractivity contribution in [3.05, 3.63) is 41.5 Å². The molecule has 0 bridgehead atoms. The summed E-state index contributed by atoms with van der Waals surface area (Å²) in [5.74, 6) is 1.08. The maximum atomic E-state index is 6.02. The number of rotatable bonds is 3. The van der Waals surface area contributed by atoms with E-state index in [1.165, 1.54) is 16.7 Å². The molecule has 0 radical (unpaired) electrons. The van der Waals surface area contributed by atoms with Crippen LogP contribution in [0, 0.1) is 11.8 Å². The predicted molar refractivity (Wildman–Crippen MR) is 78.8 cm³/mol. The van der Waals surface area contributed by atoms with Gasteiger partial charge in [0.25, 0.3) is 0 Å². The van der Waals surface area contributed by atoms with Gasteiger partial charge in [-0.15, -0.1) is 0 Å². The highest BCUT2D eigenvalue weighted by Gasteiger charge is 2.75. The minimum atomic E-state index is -0.199. The van der Waals surface area contributed by atoms with E-state index in [0.717, 1.165) is 26.1 Å². The first-order valence-electron chi connectivity index (χ1n) is 7.96. The van der Waals surface area contributed by atoms with Crippen LogP contribution in [0.25, 0.3) is 5.57 Å². The van der Waals surface area contributed by atoms with Gasteiger partial charge in [0.05, 0.1) is 12.2 Å². The molecule has 0 N–H and O–H groups in total. The van der Waals surface area contributed by atoms with Crippen LogP contribution in [0.1, 0.15) is 18.4 Å². The molecule has 3 nitrogen and oxygen atoms in total. The third-order valence-electron chi connectivity index (χ3n) is 5.84. The zero-order valence-electron chi connectivity index (χ0n) is 12.2. The van der Waals surface area contributed by atoms with E-state index in [9.17, 15) is 0 Å². The summed E-state index contributed by atoms with van der Waals surface area (Å²) in [4.78, 5) is 0. The molecule has 1 aromatic rings. The number of fused-ring (bicyclic) bond motifs is 2. The monoisotopic (exact) mass is 284 g/mol. The first-order valence-corrected chi connectivity index (χ1v) is 7.96. The quantitative estimate of drug-likeness (QED) is 0.854. The molecule has 2 aliphatic heterocycles. The average Bonchev–Trinajstić information content (AvgIpc) is 2.90. The lowest BCUT2D eigenvalue weighted by atomic mass is 9.68. The average molecular weight is 284 g/mol. The Balaban J connectivity index is 1.64. The van der Waals surface area contributed by atoms with Crippen molar-refractivity contribution < 1.29 is 14.2 Å². The predicted octanol–water partition coefficient (Wildman–Crippen LogP) is 2.66. The van der Waals surface area contributed by atoms with Gasteiger partial charge in [0.15, 0.2) is 0 Å². The van der Waals surface area contributed by atoms with Crippen LogP contribution in [0.5, 0.6) is 0 Å². The SMILES string of the molecule is CO[C@]1(C2=C(c3ccccc3)[C@@H]3CCO[C@H]23)[C@@H]2OCC[C@@H]21. The van der Waals surface area contributed by atoms with Crippen LogP contribution in [-0.2, 0) is 14.2 Å². The molecule has 0 unspecified atom stereocenters. The van der Waals surface area contributed by atoms with E-state index in [0.29, 0.717) is 11.8 Å². The lowest BCUT2D eigenvalue weighted by molar-refractivity contribution is -0.00952. The fourth-order valence-electron chi connectivity index (χ4n) is 4.90. The molecule has 4 aliphatic rings. The first kappa shape index (κ1) is 12.4. The van der Waals surface area contributed by atoms with Crippen LogP contribution in [0.2, 0.25) is 0 Å². The van der Waals surface area contributed by atoms with Crippen molar-refractivity contribution in [3.8, 4) is 0 Å². The summed E-state index contributed by atoms with van der Waals surface area (Å²) in [6.45, 7) is 1.74. The summed E-state index contributed by atoms with van der Waals surface area (Å²) in [5.41, 5.74) is 3.99. The van der Waals surface area contributed by atoms with E-state index >= 15 is 0 Å². The van der Waals surface area contributed by atoms with E-state index in [1.807, 2.05) is 7.11 Å². The maximum Gasteiger partial charge on any atom is 0.124 e. The molecule has 0 amide bonds. The Kier molecular flexibility index (Phi) is 2.47. The maximum absolute atomic E-state index is 6.02. The summed E-state index contributed by atoms with van der Waals surface area (Å²) in [6.07, 6.45) is 2.76. The zero-order chi connectivity index (χ0) is 14.0. The summed E-state index contributed by atoms with van der Waals surface area (Å²) in [7, 11) is 1.83. The fourth-order valence-corrected chi connectivity index (χ4v) is 4.90. The molecule has 5 rings (SSSR count). The Bertz CT molecular complexity index is 596. The topological polar surface area (TPSA) is 27.7 Å². The second kappa shape index (κ2) is 4.19. The minimum absolute atomic E-state index is 0.199. The van der Waals surface area contributed by atoms with Crippen molar-refractivity contribution in [2.45, 2.75) is 30.7 Å². The largest absolute Gasteiger partial charge is 0.374 e. The van der Waals surface area contributed by atoms with Gasteiger partial charge in [-0.25, -0.2) is 0 Å². The molecule has 0 aromatic heterocycles. The molecule has 1 saturated carbocycles. The standard InChI is InChI=1S/C18H20O3/c1-19-18(13-8-10-21-17(13)18)15-14(11-5-3-2-4-6-11)12-7-9-20-16(12)15/h2-6,12-13,16-17H,7-10H2,1H3/t12-,13-,16-,17+,18+/m0/s1. The molecular weight excluding hydrogens is 264 g/mol. The number of hydrogen-bond acceptors (Lipinski definition) is 3. The van der Waals surface area contributed by atoms with Gasteiger partial charge in [0.1, 0.15) is 5.60 Å². The Morgan fingerprint density at radius 1 is 1.10 bits per heavy atom. The highest BCUT2D eigenvalue weighted by molar-refractivity contribution is 5.82. The number of methoxy groups -OCH3 is 1. The molecule has 21 heavy (non-hydrogen) atoms. The van der Waals surface area contributed by atoms with Gasteiger partial charge in [-0.2, -0.15) is 0 Å². The molecule has 2 heterocycles. The Morgan fingerprint density at radius 2 is 1.90 bits per heavy atom. The lowest BCUT2D eigenvalue weighted by Crippen LogP contribution is -2.43. The van der Waals surface area contributed by atoms with Crippen molar-refractivity contribution in [2.75, 3.05) is 20.3 Å². The van der Waals surface area contributed by atoms with Gasteiger partial charge < -0.3 is 14.2 Å². The third kappa shape index (κ3) is 1.40. The van der Waals surface area contributed by atoms with E-state index in [4.69, 9.17) is 14.2 Å². The summed E-state index contributed by atoms with van der Waals surface area (Å²) in [6, 6.07) is 10.7. The number of ether oxygens (including phenoxy) is 3. The van der Waals surface area contributed by atoms with E-state index in [1.54, 1.807) is 0 Å². The summed E-state index contributed by atoms with van der Waals surface area (Å²) >= 11 is 0.